The number of aromatic carboxylic acids is 1. The van der Waals surface area contributed by atoms with E-state index in [0.717, 1.165) is 0 Å². The Morgan fingerprint density at radius 1 is 1.47 bits per heavy atom. The summed E-state index contributed by atoms with van der Waals surface area (Å²) in [7, 11) is 0. The predicted molar refractivity (Wildman–Crippen MR) is 50.3 cm³/mol. The van der Waals surface area contributed by atoms with Crippen LogP contribution in [0.3, 0.4) is 0 Å². The highest BCUT2D eigenvalue weighted by Crippen LogP contribution is 2.49. The summed E-state index contributed by atoms with van der Waals surface area (Å²) in [5.41, 5.74) is 0.487. The highest BCUT2D eigenvalue weighted by molar-refractivity contribution is 5.87. The third-order valence-electron chi connectivity index (χ3n) is 2.81. The van der Waals surface area contributed by atoms with Crippen molar-refractivity contribution in [1.82, 2.24) is 0 Å². The molecule has 0 aromatic heterocycles. The first-order valence-electron chi connectivity index (χ1n) is 4.72. The van der Waals surface area contributed by atoms with E-state index in [4.69, 9.17) is 5.11 Å². The van der Waals surface area contributed by atoms with E-state index in [1.54, 1.807) is 6.07 Å². The Balaban J connectivity index is 2.30. The van der Waals surface area contributed by atoms with Crippen LogP contribution in [0.25, 0.3) is 0 Å². The number of carboxylic acid groups (broad SMARTS) is 1. The summed E-state index contributed by atoms with van der Waals surface area (Å²) in [5, 5.41) is 8.72. The highest BCUT2D eigenvalue weighted by Gasteiger charge is 2.48. The molecule has 1 N–H and O–H groups in total. The van der Waals surface area contributed by atoms with Crippen LogP contribution in [0.5, 0.6) is 0 Å². The Bertz CT molecular complexity index is 401. The van der Waals surface area contributed by atoms with Crippen LogP contribution in [0, 0.1) is 0 Å². The first kappa shape index (κ1) is 10.1. The fourth-order valence-corrected chi connectivity index (χ4v) is 1.81. The number of halogens is 2. The van der Waals surface area contributed by atoms with Crippen LogP contribution in [0.4, 0.5) is 8.78 Å². The molecule has 0 heterocycles. The maximum absolute atomic E-state index is 13.1. The summed E-state index contributed by atoms with van der Waals surface area (Å²) in [6.45, 7) is 0. The van der Waals surface area contributed by atoms with Crippen molar-refractivity contribution in [2.24, 2.45) is 0 Å². The molecular formula is C11H10F2O2. The van der Waals surface area contributed by atoms with Gasteiger partial charge in [0.1, 0.15) is 0 Å². The van der Waals surface area contributed by atoms with Crippen LogP contribution in [0.2, 0.25) is 0 Å². The van der Waals surface area contributed by atoms with Crippen molar-refractivity contribution in [2.75, 3.05) is 0 Å². The molecule has 0 saturated heterocycles. The lowest BCUT2D eigenvalue weighted by Crippen LogP contribution is -2.36. The zero-order valence-electron chi connectivity index (χ0n) is 7.91. The second-order valence-electron chi connectivity index (χ2n) is 3.78. The summed E-state index contributed by atoms with van der Waals surface area (Å²) in [6.07, 6.45) is 0.324. The SMILES string of the molecule is O=C(O)c1cccc(C2CCC2(F)F)c1. The van der Waals surface area contributed by atoms with Gasteiger partial charge in [0.25, 0.3) is 5.92 Å². The van der Waals surface area contributed by atoms with Crippen molar-refractivity contribution < 1.29 is 18.7 Å². The number of carbonyl (C=O) groups is 1. The van der Waals surface area contributed by atoms with Crippen molar-refractivity contribution in [3.8, 4) is 0 Å². The number of hydrogen-bond donors (Lipinski definition) is 1. The minimum absolute atomic E-state index is 0.0650. The zero-order valence-corrected chi connectivity index (χ0v) is 7.91. The second kappa shape index (κ2) is 3.29. The fraction of sp³-hybridized carbons (Fsp3) is 0.364. The third kappa shape index (κ3) is 1.71. The van der Waals surface area contributed by atoms with Crippen molar-refractivity contribution in [2.45, 2.75) is 24.7 Å². The van der Waals surface area contributed by atoms with E-state index in [0.29, 0.717) is 12.0 Å². The molecule has 1 aliphatic rings. The first-order chi connectivity index (χ1) is 7.00. The van der Waals surface area contributed by atoms with Crippen molar-refractivity contribution in [3.63, 3.8) is 0 Å². The number of rotatable bonds is 2. The summed E-state index contributed by atoms with van der Waals surface area (Å²) >= 11 is 0. The van der Waals surface area contributed by atoms with Crippen molar-refractivity contribution in [1.29, 1.82) is 0 Å². The molecule has 80 valence electrons. The van der Waals surface area contributed by atoms with Crippen LogP contribution >= 0.6 is 0 Å². The maximum Gasteiger partial charge on any atom is 0.335 e. The van der Waals surface area contributed by atoms with E-state index in [-0.39, 0.29) is 12.0 Å². The summed E-state index contributed by atoms with van der Waals surface area (Å²) in [4.78, 5) is 10.7. The van der Waals surface area contributed by atoms with Crippen LogP contribution in [0.1, 0.15) is 34.7 Å². The fourth-order valence-electron chi connectivity index (χ4n) is 1.81. The van der Waals surface area contributed by atoms with Gasteiger partial charge in [-0.05, 0) is 24.1 Å². The Hall–Kier alpha value is -1.45. The number of hydrogen-bond acceptors (Lipinski definition) is 1. The Morgan fingerprint density at radius 3 is 2.67 bits per heavy atom. The Labute approximate surface area is 85.5 Å². The predicted octanol–water partition coefficient (Wildman–Crippen LogP) is 2.90. The van der Waals surface area contributed by atoms with E-state index in [1.165, 1.54) is 18.2 Å². The summed E-state index contributed by atoms with van der Waals surface area (Å²) < 4.78 is 26.1. The van der Waals surface area contributed by atoms with Gasteiger partial charge in [-0.3, -0.25) is 0 Å². The minimum atomic E-state index is -2.67. The molecule has 1 atom stereocenters. The van der Waals surface area contributed by atoms with Gasteiger partial charge in [0.2, 0.25) is 0 Å². The largest absolute Gasteiger partial charge is 0.478 e. The molecule has 2 rings (SSSR count). The second-order valence-corrected chi connectivity index (χ2v) is 3.78. The van der Waals surface area contributed by atoms with E-state index < -0.39 is 17.8 Å². The van der Waals surface area contributed by atoms with Gasteiger partial charge in [0.05, 0.1) is 5.56 Å². The van der Waals surface area contributed by atoms with E-state index in [1.807, 2.05) is 0 Å². The number of alkyl halides is 2. The van der Waals surface area contributed by atoms with Crippen LogP contribution in [0.15, 0.2) is 24.3 Å². The van der Waals surface area contributed by atoms with Gasteiger partial charge in [-0.15, -0.1) is 0 Å². The van der Waals surface area contributed by atoms with Crippen LogP contribution in [-0.4, -0.2) is 17.0 Å². The van der Waals surface area contributed by atoms with Gasteiger partial charge in [0.15, 0.2) is 0 Å². The molecule has 1 fully saturated rings. The minimum Gasteiger partial charge on any atom is -0.478 e. The Morgan fingerprint density at radius 2 is 2.20 bits per heavy atom. The number of carboxylic acids is 1. The van der Waals surface area contributed by atoms with Gasteiger partial charge in [0, 0.05) is 12.3 Å². The van der Waals surface area contributed by atoms with Crippen molar-refractivity contribution >= 4 is 5.97 Å². The highest BCUT2D eigenvalue weighted by atomic mass is 19.3. The molecule has 1 unspecified atom stereocenters. The zero-order chi connectivity index (χ0) is 11.1. The van der Waals surface area contributed by atoms with Gasteiger partial charge in [-0.25, -0.2) is 13.6 Å². The average Bonchev–Trinajstić information content (AvgIpc) is 2.17. The molecule has 15 heavy (non-hydrogen) atoms. The lowest BCUT2D eigenvalue weighted by molar-refractivity contribution is -0.0962. The molecule has 1 aromatic carbocycles. The topological polar surface area (TPSA) is 37.3 Å². The summed E-state index contributed by atoms with van der Waals surface area (Å²) in [5.74, 6) is -4.56. The monoisotopic (exact) mass is 212 g/mol. The normalized spacial score (nSPS) is 23.2. The first-order valence-corrected chi connectivity index (χ1v) is 4.72. The van der Waals surface area contributed by atoms with E-state index in [2.05, 4.69) is 0 Å². The molecular weight excluding hydrogens is 202 g/mol. The number of benzene rings is 1. The van der Waals surface area contributed by atoms with Crippen molar-refractivity contribution in [3.05, 3.63) is 35.4 Å². The lowest BCUT2D eigenvalue weighted by atomic mass is 9.76. The van der Waals surface area contributed by atoms with E-state index in [9.17, 15) is 13.6 Å². The quantitative estimate of drug-likeness (QED) is 0.818. The molecule has 1 aliphatic carbocycles. The molecule has 0 aliphatic heterocycles. The molecule has 0 amide bonds. The molecule has 1 aromatic rings. The van der Waals surface area contributed by atoms with Gasteiger partial charge in [-0.2, -0.15) is 0 Å². The standard InChI is InChI=1S/C11H10F2O2/c12-11(13)5-4-9(11)7-2-1-3-8(6-7)10(14)15/h1-3,6,9H,4-5H2,(H,14,15). The Kier molecular flexibility index (Phi) is 2.21. The van der Waals surface area contributed by atoms with Gasteiger partial charge >= 0.3 is 5.97 Å². The molecule has 2 nitrogen and oxygen atoms in total. The van der Waals surface area contributed by atoms with Crippen LogP contribution in [-0.2, 0) is 0 Å². The molecule has 1 saturated carbocycles. The van der Waals surface area contributed by atoms with Crippen LogP contribution < -0.4 is 0 Å². The smallest absolute Gasteiger partial charge is 0.335 e. The lowest BCUT2D eigenvalue weighted by Gasteiger charge is -2.36. The average molecular weight is 212 g/mol. The third-order valence-corrected chi connectivity index (χ3v) is 2.81. The van der Waals surface area contributed by atoms with Gasteiger partial charge in [-0.1, -0.05) is 12.1 Å². The summed E-state index contributed by atoms with van der Waals surface area (Å²) in [6, 6.07) is 5.81. The molecule has 0 bridgehead atoms. The maximum atomic E-state index is 13.1. The van der Waals surface area contributed by atoms with E-state index >= 15 is 0 Å². The van der Waals surface area contributed by atoms with Gasteiger partial charge < -0.3 is 5.11 Å². The molecule has 0 spiro atoms. The molecule has 4 heteroatoms. The molecule has 0 radical (unpaired) electrons.